The van der Waals surface area contributed by atoms with Crippen LogP contribution in [0.1, 0.15) is 0 Å². The summed E-state index contributed by atoms with van der Waals surface area (Å²) in [6.07, 6.45) is 0.750. The smallest absolute Gasteiger partial charge is 0.460 e. The average Bonchev–Trinajstić information content (AvgIpc) is 2.60. The number of alkyl halides is 3. The number of hydrogen-bond donors (Lipinski definition) is 0. The molecule has 4 nitrogen and oxygen atoms in total. The van der Waals surface area contributed by atoms with Crippen molar-refractivity contribution in [1.29, 1.82) is 0 Å². The Kier molecular flexibility index (Phi) is 2.94. The zero-order valence-electron chi connectivity index (χ0n) is 8.36. The van der Waals surface area contributed by atoms with Crippen LogP contribution in [0.5, 0.6) is 5.75 Å². The molecule has 1 aromatic heterocycles. The Labute approximate surface area is 104 Å². The summed E-state index contributed by atoms with van der Waals surface area (Å²) in [4.78, 5) is 0. The fourth-order valence-corrected chi connectivity index (χ4v) is 1.96. The van der Waals surface area contributed by atoms with E-state index in [1.54, 1.807) is 0 Å². The Hall–Kier alpha value is -1.41. The lowest BCUT2D eigenvalue weighted by Crippen LogP contribution is -2.27. The van der Waals surface area contributed by atoms with Gasteiger partial charge >= 0.3 is 15.6 Å². The van der Waals surface area contributed by atoms with E-state index in [2.05, 4.69) is 4.18 Å². The molecule has 1 heterocycles. The highest BCUT2D eigenvalue weighted by Gasteiger charge is 2.49. The number of rotatable bonds is 2. The van der Waals surface area contributed by atoms with Gasteiger partial charge in [-0.2, -0.15) is 21.6 Å². The highest BCUT2D eigenvalue weighted by molar-refractivity contribution is 7.88. The highest BCUT2D eigenvalue weighted by Crippen LogP contribution is 2.36. The third-order valence-electron chi connectivity index (χ3n) is 2.00. The molecule has 0 N–H and O–H groups in total. The molecule has 2 rings (SSSR count). The van der Waals surface area contributed by atoms with Gasteiger partial charge in [0.1, 0.15) is 11.8 Å². The lowest BCUT2D eigenvalue weighted by Gasteiger charge is -2.07. The van der Waals surface area contributed by atoms with Gasteiger partial charge in [0.2, 0.25) is 0 Å². The molecule has 0 radical (unpaired) electrons. The summed E-state index contributed by atoms with van der Waals surface area (Å²) in [5.74, 6) is -0.604. The molecule has 0 fully saturated rings. The molecule has 18 heavy (non-hydrogen) atoms. The standard InChI is InChI=1S/C9H4ClF3O4S/c10-5-2-1-3-6-8(5)7(4-16-6)17-18(14,15)9(11,12)13/h1-4H. The minimum absolute atomic E-state index is 0.0219. The number of hydrogen-bond acceptors (Lipinski definition) is 4. The summed E-state index contributed by atoms with van der Waals surface area (Å²) in [5, 5.41) is -0.0133. The zero-order chi connectivity index (χ0) is 13.6. The molecule has 2 aromatic rings. The molecule has 0 atom stereocenters. The fraction of sp³-hybridized carbons (Fsp3) is 0.111. The van der Waals surface area contributed by atoms with Crippen molar-refractivity contribution >= 4 is 32.7 Å². The largest absolute Gasteiger partial charge is 0.534 e. The van der Waals surface area contributed by atoms with Crippen LogP contribution < -0.4 is 4.18 Å². The molecule has 0 saturated heterocycles. The highest BCUT2D eigenvalue weighted by atomic mass is 35.5. The topological polar surface area (TPSA) is 56.5 Å². The minimum atomic E-state index is -5.75. The molecule has 0 spiro atoms. The van der Waals surface area contributed by atoms with E-state index in [1.165, 1.54) is 18.2 Å². The molecule has 1 aromatic carbocycles. The van der Waals surface area contributed by atoms with Gasteiger partial charge in [-0.1, -0.05) is 17.7 Å². The molecule has 9 heteroatoms. The molecule has 98 valence electrons. The monoisotopic (exact) mass is 300 g/mol. The van der Waals surface area contributed by atoms with Crippen molar-refractivity contribution in [2.75, 3.05) is 0 Å². The van der Waals surface area contributed by atoms with Gasteiger partial charge in [-0.15, -0.1) is 0 Å². The first-order chi connectivity index (χ1) is 8.22. The second-order valence-electron chi connectivity index (χ2n) is 3.20. The first-order valence-electron chi connectivity index (χ1n) is 4.39. The predicted molar refractivity (Wildman–Crippen MR) is 56.8 cm³/mol. The molecule has 0 aliphatic rings. The van der Waals surface area contributed by atoms with Crippen LogP contribution in [-0.4, -0.2) is 13.9 Å². The summed E-state index contributed by atoms with van der Waals surface area (Å²) >= 11 is 5.73. The molecule has 0 amide bonds. The molecular weight excluding hydrogens is 297 g/mol. The predicted octanol–water partition coefficient (Wildman–Crippen LogP) is 3.31. The van der Waals surface area contributed by atoms with Crippen LogP contribution in [0.2, 0.25) is 5.02 Å². The van der Waals surface area contributed by atoms with Crippen molar-refractivity contribution in [3.05, 3.63) is 29.5 Å². The summed E-state index contributed by atoms with van der Waals surface area (Å²) < 4.78 is 66.9. The number of halogens is 4. The van der Waals surface area contributed by atoms with Gasteiger partial charge in [-0.05, 0) is 12.1 Å². The van der Waals surface area contributed by atoms with Crippen LogP contribution in [0.15, 0.2) is 28.9 Å². The van der Waals surface area contributed by atoms with Gasteiger partial charge in [-0.25, -0.2) is 0 Å². The first-order valence-corrected chi connectivity index (χ1v) is 6.17. The number of fused-ring (bicyclic) bond motifs is 1. The maximum atomic E-state index is 12.1. The van der Waals surface area contributed by atoms with E-state index in [0.717, 1.165) is 6.26 Å². The van der Waals surface area contributed by atoms with Gasteiger partial charge in [0.25, 0.3) is 0 Å². The Morgan fingerprint density at radius 3 is 2.56 bits per heavy atom. The van der Waals surface area contributed by atoms with E-state index >= 15 is 0 Å². The summed E-state index contributed by atoms with van der Waals surface area (Å²) in [6, 6.07) is 4.27. The van der Waals surface area contributed by atoms with Crippen molar-refractivity contribution in [3.8, 4) is 5.75 Å². The van der Waals surface area contributed by atoms with Crippen LogP contribution in [0, 0.1) is 0 Å². The van der Waals surface area contributed by atoms with E-state index in [4.69, 9.17) is 16.0 Å². The normalized spacial score (nSPS) is 12.9. The molecule has 0 bridgehead atoms. The van der Waals surface area contributed by atoms with E-state index in [9.17, 15) is 21.6 Å². The van der Waals surface area contributed by atoms with E-state index < -0.39 is 21.4 Å². The second-order valence-corrected chi connectivity index (χ2v) is 5.14. The minimum Gasteiger partial charge on any atom is -0.460 e. The van der Waals surface area contributed by atoms with Crippen molar-refractivity contribution < 1.29 is 30.2 Å². The van der Waals surface area contributed by atoms with E-state index in [1.807, 2.05) is 0 Å². The molecular formula is C9H4ClF3O4S. The zero-order valence-corrected chi connectivity index (χ0v) is 9.93. The van der Waals surface area contributed by atoms with Crippen LogP contribution in [0.4, 0.5) is 13.2 Å². The van der Waals surface area contributed by atoms with E-state index in [-0.39, 0.29) is 16.0 Å². The fourth-order valence-electron chi connectivity index (χ4n) is 1.24. The summed E-state index contributed by atoms with van der Waals surface area (Å²) in [6.45, 7) is 0. The molecule has 0 aliphatic carbocycles. The van der Waals surface area contributed by atoms with Gasteiger partial charge in [0.15, 0.2) is 5.75 Å². The van der Waals surface area contributed by atoms with Gasteiger partial charge < -0.3 is 8.60 Å². The Bertz CT molecular complexity index is 689. The van der Waals surface area contributed by atoms with Crippen molar-refractivity contribution in [2.45, 2.75) is 5.51 Å². The maximum absolute atomic E-state index is 12.1. The quantitative estimate of drug-likeness (QED) is 0.630. The number of furan rings is 1. The second kappa shape index (κ2) is 4.06. The van der Waals surface area contributed by atoms with Gasteiger partial charge in [0.05, 0.1) is 10.4 Å². The Morgan fingerprint density at radius 2 is 1.94 bits per heavy atom. The van der Waals surface area contributed by atoms with E-state index in [0.29, 0.717) is 0 Å². The molecule has 0 unspecified atom stereocenters. The lowest BCUT2D eigenvalue weighted by atomic mass is 10.2. The van der Waals surface area contributed by atoms with Crippen LogP contribution in [0.25, 0.3) is 11.0 Å². The van der Waals surface area contributed by atoms with Gasteiger partial charge in [0, 0.05) is 0 Å². The third kappa shape index (κ3) is 2.13. The van der Waals surface area contributed by atoms with Crippen molar-refractivity contribution in [3.63, 3.8) is 0 Å². The van der Waals surface area contributed by atoms with Crippen LogP contribution in [0.3, 0.4) is 0 Å². The third-order valence-corrected chi connectivity index (χ3v) is 3.28. The molecule has 0 saturated carbocycles. The number of benzene rings is 1. The Balaban J connectivity index is 2.52. The summed E-state index contributed by atoms with van der Waals surface area (Å²) in [5.41, 5.74) is -5.40. The van der Waals surface area contributed by atoms with Crippen LogP contribution in [-0.2, 0) is 10.1 Å². The SMILES string of the molecule is O=S(=O)(Oc1coc2cccc(Cl)c12)C(F)(F)F. The van der Waals surface area contributed by atoms with Crippen molar-refractivity contribution in [2.24, 2.45) is 0 Å². The summed E-state index contributed by atoms with van der Waals surface area (Å²) in [7, 11) is -5.75. The Morgan fingerprint density at radius 1 is 1.28 bits per heavy atom. The van der Waals surface area contributed by atoms with Crippen molar-refractivity contribution in [1.82, 2.24) is 0 Å². The van der Waals surface area contributed by atoms with Crippen LogP contribution >= 0.6 is 11.6 Å². The first kappa shape index (κ1) is 13.0. The maximum Gasteiger partial charge on any atom is 0.534 e. The average molecular weight is 301 g/mol. The van der Waals surface area contributed by atoms with Gasteiger partial charge in [-0.3, -0.25) is 0 Å². The molecule has 0 aliphatic heterocycles. The lowest BCUT2D eigenvalue weighted by molar-refractivity contribution is -0.0499.